The number of rotatable bonds is 6. The minimum atomic E-state index is -3.97. The monoisotopic (exact) mass is 326 g/mol. The molecule has 0 fully saturated rings. The van der Waals surface area contributed by atoms with Crippen molar-refractivity contribution in [2.75, 3.05) is 17.7 Å². The van der Waals surface area contributed by atoms with Gasteiger partial charge in [-0.3, -0.25) is 0 Å². The molecule has 0 aliphatic rings. The summed E-state index contributed by atoms with van der Waals surface area (Å²) < 4.78 is 40.5. The first-order valence-electron chi connectivity index (χ1n) is 5.57. The van der Waals surface area contributed by atoms with E-state index < -0.39 is 20.7 Å². The second-order valence-corrected chi connectivity index (χ2v) is 7.00. The lowest BCUT2D eigenvalue weighted by molar-refractivity contribution is 0.541. The first-order chi connectivity index (χ1) is 8.81. The molecular weight excluding hydrogens is 311 g/mol. The van der Waals surface area contributed by atoms with E-state index in [1.807, 2.05) is 13.2 Å². The molecule has 0 saturated carbocycles. The molecule has 0 aliphatic carbocycles. The third kappa shape index (κ3) is 4.24. The Morgan fingerprint density at radius 3 is 2.68 bits per heavy atom. The molecule has 3 N–H and O–H groups in total. The van der Waals surface area contributed by atoms with Gasteiger partial charge in [-0.1, -0.05) is 18.5 Å². The third-order valence-corrected chi connectivity index (χ3v) is 5.02. The average Bonchev–Trinajstić information content (AvgIpc) is 2.32. The molecule has 0 amide bonds. The molecule has 0 saturated heterocycles. The minimum Gasteiger partial charge on any atom is -0.399 e. The van der Waals surface area contributed by atoms with Crippen LogP contribution in [0, 0.1) is 5.82 Å². The van der Waals surface area contributed by atoms with Crippen molar-refractivity contribution in [1.82, 2.24) is 4.72 Å². The van der Waals surface area contributed by atoms with Crippen molar-refractivity contribution in [3.8, 4) is 0 Å². The van der Waals surface area contributed by atoms with E-state index in [1.54, 1.807) is 0 Å². The van der Waals surface area contributed by atoms with Crippen molar-refractivity contribution in [2.45, 2.75) is 24.3 Å². The zero-order chi connectivity index (χ0) is 14.6. The summed E-state index contributed by atoms with van der Waals surface area (Å²) in [6, 6.07) is 1.98. The van der Waals surface area contributed by atoms with E-state index in [4.69, 9.17) is 17.3 Å². The molecule has 0 heterocycles. The van der Waals surface area contributed by atoms with E-state index >= 15 is 0 Å². The molecule has 19 heavy (non-hydrogen) atoms. The Kier molecular flexibility index (Phi) is 5.91. The van der Waals surface area contributed by atoms with Gasteiger partial charge in [-0.05, 0) is 24.8 Å². The molecule has 4 nitrogen and oxygen atoms in total. The van der Waals surface area contributed by atoms with Crippen molar-refractivity contribution >= 4 is 39.1 Å². The number of halogens is 2. The second kappa shape index (κ2) is 6.78. The fourth-order valence-electron chi connectivity index (χ4n) is 1.50. The fourth-order valence-corrected chi connectivity index (χ4v) is 4.06. The van der Waals surface area contributed by atoms with Crippen molar-refractivity contribution in [3.05, 3.63) is 23.0 Å². The van der Waals surface area contributed by atoms with Gasteiger partial charge in [0.25, 0.3) is 0 Å². The number of hydrogen-bond donors (Lipinski definition) is 2. The lowest BCUT2D eigenvalue weighted by atomic mass is 10.3. The lowest BCUT2D eigenvalue weighted by Gasteiger charge is -2.16. The van der Waals surface area contributed by atoms with Crippen LogP contribution in [0.1, 0.15) is 13.3 Å². The van der Waals surface area contributed by atoms with E-state index in [1.165, 1.54) is 17.8 Å². The van der Waals surface area contributed by atoms with Gasteiger partial charge in [0.1, 0.15) is 4.90 Å². The SMILES string of the molecule is CCC(CSC)NS(=O)(=O)c1cc(N)cc(Cl)c1F. The van der Waals surface area contributed by atoms with Gasteiger partial charge in [0, 0.05) is 17.5 Å². The maximum absolute atomic E-state index is 13.8. The lowest BCUT2D eigenvalue weighted by Crippen LogP contribution is -2.36. The Morgan fingerprint density at radius 1 is 1.53 bits per heavy atom. The predicted octanol–water partition coefficient (Wildman–Crippen LogP) is 2.48. The normalized spacial score (nSPS) is 13.5. The summed E-state index contributed by atoms with van der Waals surface area (Å²) in [6.07, 6.45) is 2.48. The molecule has 8 heteroatoms. The van der Waals surface area contributed by atoms with Crippen LogP contribution in [0.25, 0.3) is 0 Å². The zero-order valence-corrected chi connectivity index (χ0v) is 13.0. The molecule has 0 bridgehead atoms. The topological polar surface area (TPSA) is 72.2 Å². The van der Waals surface area contributed by atoms with Crippen LogP contribution >= 0.6 is 23.4 Å². The average molecular weight is 327 g/mol. The molecule has 1 rings (SSSR count). The standard InChI is InChI=1S/C11H16ClFN2O2S2/c1-3-8(6-18-2)15-19(16,17)10-5-7(14)4-9(12)11(10)13/h4-5,8,15H,3,6,14H2,1-2H3. The van der Waals surface area contributed by atoms with Gasteiger partial charge in [-0.15, -0.1) is 0 Å². The molecular formula is C11H16ClFN2O2S2. The Bertz CT molecular complexity index is 552. The second-order valence-electron chi connectivity index (χ2n) is 4.00. The largest absolute Gasteiger partial charge is 0.399 e. The van der Waals surface area contributed by atoms with E-state index in [9.17, 15) is 12.8 Å². The van der Waals surface area contributed by atoms with Crippen LogP contribution in [0.5, 0.6) is 0 Å². The van der Waals surface area contributed by atoms with Crippen LogP contribution in [0.15, 0.2) is 17.0 Å². The van der Waals surface area contributed by atoms with E-state index in [0.29, 0.717) is 12.2 Å². The van der Waals surface area contributed by atoms with Crippen molar-refractivity contribution in [3.63, 3.8) is 0 Å². The number of sulfonamides is 1. The number of nitrogens with one attached hydrogen (secondary N) is 1. The third-order valence-electron chi connectivity index (χ3n) is 2.49. The number of hydrogen-bond acceptors (Lipinski definition) is 4. The van der Waals surface area contributed by atoms with Crippen LogP contribution in [-0.4, -0.2) is 26.5 Å². The summed E-state index contributed by atoms with van der Waals surface area (Å²) in [6.45, 7) is 1.85. The summed E-state index contributed by atoms with van der Waals surface area (Å²) >= 11 is 7.11. The van der Waals surface area contributed by atoms with E-state index in [2.05, 4.69) is 4.72 Å². The van der Waals surface area contributed by atoms with Crippen molar-refractivity contribution < 1.29 is 12.8 Å². The highest BCUT2D eigenvalue weighted by Gasteiger charge is 2.24. The Balaban J connectivity index is 3.13. The summed E-state index contributed by atoms with van der Waals surface area (Å²) in [5.74, 6) is -0.379. The molecule has 0 radical (unpaired) electrons. The van der Waals surface area contributed by atoms with Crippen LogP contribution in [0.3, 0.4) is 0 Å². The van der Waals surface area contributed by atoms with Crippen LogP contribution in [0.2, 0.25) is 5.02 Å². The molecule has 1 atom stereocenters. The van der Waals surface area contributed by atoms with Crippen molar-refractivity contribution in [1.29, 1.82) is 0 Å². The number of benzene rings is 1. The van der Waals surface area contributed by atoms with Gasteiger partial charge < -0.3 is 5.73 Å². The Hall–Kier alpha value is -0.500. The summed E-state index contributed by atoms with van der Waals surface area (Å²) in [7, 11) is -3.97. The van der Waals surface area contributed by atoms with Gasteiger partial charge >= 0.3 is 0 Å². The summed E-state index contributed by atoms with van der Waals surface area (Å²) in [4.78, 5) is -0.517. The maximum Gasteiger partial charge on any atom is 0.243 e. The van der Waals surface area contributed by atoms with E-state index in [-0.39, 0.29) is 16.8 Å². The fraction of sp³-hybridized carbons (Fsp3) is 0.455. The first kappa shape index (κ1) is 16.6. The number of nitrogens with two attached hydrogens (primary N) is 1. The summed E-state index contributed by atoms with van der Waals surface area (Å²) in [5, 5.41) is -0.307. The zero-order valence-electron chi connectivity index (χ0n) is 10.6. The van der Waals surface area contributed by atoms with Gasteiger partial charge in [-0.25, -0.2) is 17.5 Å². The highest BCUT2D eigenvalue weighted by molar-refractivity contribution is 7.98. The molecule has 0 aliphatic heterocycles. The molecule has 0 spiro atoms. The predicted molar refractivity (Wildman–Crippen MR) is 78.6 cm³/mol. The van der Waals surface area contributed by atoms with E-state index in [0.717, 1.165) is 6.07 Å². The molecule has 1 aromatic carbocycles. The van der Waals surface area contributed by atoms with Crippen LogP contribution in [0.4, 0.5) is 10.1 Å². The quantitative estimate of drug-likeness (QED) is 0.788. The first-order valence-corrected chi connectivity index (χ1v) is 8.83. The molecule has 1 aromatic rings. The Labute approximate surface area is 121 Å². The summed E-state index contributed by atoms with van der Waals surface area (Å²) in [5.41, 5.74) is 5.60. The molecule has 1 unspecified atom stereocenters. The van der Waals surface area contributed by atoms with Crippen LogP contribution < -0.4 is 10.5 Å². The number of thioether (sulfide) groups is 1. The van der Waals surface area contributed by atoms with Gasteiger partial charge in [0.2, 0.25) is 10.0 Å². The van der Waals surface area contributed by atoms with Gasteiger partial charge in [0.05, 0.1) is 5.02 Å². The van der Waals surface area contributed by atoms with Crippen molar-refractivity contribution in [2.24, 2.45) is 0 Å². The minimum absolute atomic E-state index is 0.102. The smallest absolute Gasteiger partial charge is 0.243 e. The van der Waals surface area contributed by atoms with Gasteiger partial charge in [-0.2, -0.15) is 11.8 Å². The molecule has 0 aromatic heterocycles. The number of nitrogen functional groups attached to an aromatic ring is 1. The Morgan fingerprint density at radius 2 is 2.16 bits per heavy atom. The highest BCUT2D eigenvalue weighted by atomic mass is 35.5. The number of anilines is 1. The molecule has 108 valence electrons. The highest BCUT2D eigenvalue weighted by Crippen LogP contribution is 2.26. The van der Waals surface area contributed by atoms with Crippen LogP contribution in [-0.2, 0) is 10.0 Å². The van der Waals surface area contributed by atoms with Gasteiger partial charge in [0.15, 0.2) is 5.82 Å². The maximum atomic E-state index is 13.8.